The highest BCUT2D eigenvalue weighted by Crippen LogP contribution is 2.01. The molecule has 0 aliphatic heterocycles. The van der Waals surface area contributed by atoms with Gasteiger partial charge in [-0.1, -0.05) is 65.8 Å². The van der Waals surface area contributed by atoms with Crippen LogP contribution < -0.4 is 22.5 Å². The average molecular weight is 346 g/mol. The summed E-state index contributed by atoms with van der Waals surface area (Å²) in [4.78, 5) is 0. The fraction of sp³-hybridized carbons (Fsp3) is 1.00. The Kier molecular flexibility index (Phi) is 51.5. The van der Waals surface area contributed by atoms with Crippen LogP contribution in [-0.2, 0) is 0 Å². The van der Waals surface area contributed by atoms with Crippen LogP contribution in [0.25, 0.3) is 0 Å². The van der Waals surface area contributed by atoms with Gasteiger partial charge in [0.1, 0.15) is 6.71 Å². The maximum Gasteiger partial charge on any atom is 0.139 e. The summed E-state index contributed by atoms with van der Waals surface area (Å²) in [6.07, 6.45) is 7.29. The van der Waals surface area contributed by atoms with Gasteiger partial charge in [-0.05, 0) is 0 Å². The molecule has 7 N–H and O–H groups in total. The largest absolute Gasteiger partial charge is 0.330 e. The van der Waals surface area contributed by atoms with E-state index in [0.717, 1.165) is 31.9 Å². The molecular formula is C16H44B2N4S. The Morgan fingerprint density at radius 3 is 1.35 bits per heavy atom. The van der Waals surface area contributed by atoms with Crippen molar-refractivity contribution in [3.8, 4) is 0 Å². The highest BCUT2D eigenvalue weighted by molar-refractivity contribution is 7.80. The third-order valence-corrected chi connectivity index (χ3v) is 3.32. The Morgan fingerprint density at radius 2 is 1.26 bits per heavy atom. The van der Waals surface area contributed by atoms with Gasteiger partial charge in [0.15, 0.2) is 0 Å². The zero-order chi connectivity index (χ0) is 18.8. The average Bonchev–Trinajstić information content (AvgIpc) is 2.59. The number of hydrogen-bond acceptors (Lipinski definition) is 5. The second-order valence-corrected chi connectivity index (χ2v) is 5.52. The first-order valence-corrected chi connectivity index (χ1v) is 9.84. The molecule has 0 amide bonds. The van der Waals surface area contributed by atoms with Gasteiger partial charge in [-0.25, -0.2) is 0 Å². The van der Waals surface area contributed by atoms with E-state index in [9.17, 15) is 0 Å². The molecular weight excluding hydrogens is 302 g/mol. The van der Waals surface area contributed by atoms with Gasteiger partial charge in [0.2, 0.25) is 0 Å². The van der Waals surface area contributed by atoms with Gasteiger partial charge in [-0.3, -0.25) is 0 Å². The summed E-state index contributed by atoms with van der Waals surface area (Å²) in [5.74, 6) is 0.792. The number of thiol groups is 1. The van der Waals surface area contributed by atoms with Gasteiger partial charge >= 0.3 is 0 Å². The van der Waals surface area contributed by atoms with Crippen molar-refractivity contribution >= 4 is 27.2 Å². The van der Waals surface area contributed by atoms with Crippen LogP contribution in [0.1, 0.15) is 40.5 Å². The maximum atomic E-state index is 5.17. The quantitative estimate of drug-likeness (QED) is 0.239. The van der Waals surface area contributed by atoms with Crippen LogP contribution in [0.15, 0.2) is 0 Å². The van der Waals surface area contributed by atoms with Crippen LogP contribution in [0, 0.1) is 0 Å². The number of unbranched alkanes of at least 4 members (excludes halogenated alkanes) is 1. The van der Waals surface area contributed by atoms with E-state index in [1.54, 1.807) is 0 Å². The molecule has 140 valence electrons. The second kappa shape index (κ2) is 38.1. The molecule has 0 aliphatic rings. The molecule has 4 nitrogen and oxygen atoms in total. The van der Waals surface area contributed by atoms with Crippen LogP contribution in [0.3, 0.4) is 0 Å². The Morgan fingerprint density at radius 1 is 0.870 bits per heavy atom. The van der Waals surface area contributed by atoms with E-state index in [4.69, 9.17) is 25.0 Å². The molecule has 0 bridgehead atoms. The number of nitrogens with one attached hydrogen (secondary N) is 1. The number of hydrogen-bond donors (Lipinski definition) is 5. The van der Waals surface area contributed by atoms with Crippen molar-refractivity contribution in [3.05, 3.63) is 0 Å². The molecule has 0 aromatic carbocycles. The molecule has 7 heteroatoms. The lowest BCUT2D eigenvalue weighted by Gasteiger charge is -2.00. The third kappa shape index (κ3) is 51.9. The smallest absolute Gasteiger partial charge is 0.139 e. The standard InChI is InChI=1S/C6H15B.C4H9B.C4H13N3.C2H7NS/c1-4-7(5-2)6-3;1-2-3-4-5;5-1-3-7-4-2-6;3-1-2-4/h4-6H2,1-3H3;2-4H2,1H3;7H,1-6H2;4H,1-3H2. The summed E-state index contributed by atoms with van der Waals surface area (Å²) in [5.41, 5.74) is 15.3. The molecule has 0 aromatic heterocycles. The Hall–Kier alpha value is 0.320. The van der Waals surface area contributed by atoms with Crippen LogP contribution >= 0.6 is 12.6 Å². The molecule has 0 aliphatic carbocycles. The summed E-state index contributed by atoms with van der Waals surface area (Å²) < 4.78 is 0. The van der Waals surface area contributed by atoms with E-state index in [0.29, 0.717) is 19.6 Å². The van der Waals surface area contributed by atoms with Crippen molar-refractivity contribution in [1.29, 1.82) is 0 Å². The van der Waals surface area contributed by atoms with Crippen molar-refractivity contribution in [2.75, 3.05) is 38.5 Å². The number of rotatable bonds is 10. The van der Waals surface area contributed by atoms with Gasteiger partial charge in [-0.15, -0.1) is 0 Å². The van der Waals surface area contributed by atoms with Crippen LogP contribution in [0.2, 0.25) is 25.3 Å². The zero-order valence-corrected chi connectivity index (χ0v) is 17.2. The summed E-state index contributed by atoms with van der Waals surface area (Å²) in [5, 5.41) is 3.03. The minimum absolute atomic E-state index is 0.684. The first-order chi connectivity index (χ1) is 11.1. The predicted octanol–water partition coefficient (Wildman–Crippen LogP) is 2.28. The van der Waals surface area contributed by atoms with Crippen molar-refractivity contribution < 1.29 is 0 Å². The van der Waals surface area contributed by atoms with Crippen molar-refractivity contribution in [2.24, 2.45) is 17.2 Å². The molecule has 0 atom stereocenters. The molecule has 0 saturated carbocycles. The van der Waals surface area contributed by atoms with Gasteiger partial charge in [0, 0.05) is 38.5 Å². The first-order valence-electron chi connectivity index (χ1n) is 9.21. The highest BCUT2D eigenvalue weighted by atomic mass is 32.1. The van der Waals surface area contributed by atoms with Crippen LogP contribution in [-0.4, -0.2) is 53.0 Å². The molecule has 2 radical (unpaired) electrons. The van der Waals surface area contributed by atoms with Gasteiger partial charge < -0.3 is 22.5 Å². The highest BCUT2D eigenvalue weighted by Gasteiger charge is 2.01. The minimum atomic E-state index is 0.684. The van der Waals surface area contributed by atoms with Crippen molar-refractivity contribution in [1.82, 2.24) is 5.32 Å². The fourth-order valence-corrected chi connectivity index (χ4v) is 1.40. The molecule has 0 fully saturated rings. The summed E-state index contributed by atoms with van der Waals surface area (Å²) >= 11 is 3.80. The summed E-state index contributed by atoms with van der Waals surface area (Å²) in [7, 11) is 5.14. The minimum Gasteiger partial charge on any atom is -0.330 e. The van der Waals surface area contributed by atoms with Crippen LogP contribution in [0.4, 0.5) is 0 Å². The van der Waals surface area contributed by atoms with E-state index in [-0.39, 0.29) is 0 Å². The van der Waals surface area contributed by atoms with Gasteiger partial charge in [-0.2, -0.15) is 12.6 Å². The topological polar surface area (TPSA) is 90.1 Å². The molecule has 0 unspecified atom stereocenters. The van der Waals surface area contributed by atoms with E-state index in [1.807, 2.05) is 0 Å². The van der Waals surface area contributed by atoms with Crippen molar-refractivity contribution in [3.63, 3.8) is 0 Å². The van der Waals surface area contributed by atoms with E-state index < -0.39 is 0 Å². The molecule has 0 spiro atoms. The SMILES string of the molecule is CCB(CC)CC.NCCNCCN.NCCS.[B]CCCC. The molecule has 23 heavy (non-hydrogen) atoms. The number of nitrogens with two attached hydrogens (primary N) is 3. The van der Waals surface area contributed by atoms with E-state index in [1.165, 1.54) is 31.8 Å². The molecule has 0 aromatic rings. The summed E-state index contributed by atoms with van der Waals surface area (Å²) in [6.45, 7) is 13.7. The lowest BCUT2D eigenvalue weighted by Crippen LogP contribution is -2.27. The first kappa shape index (κ1) is 31.1. The van der Waals surface area contributed by atoms with E-state index in [2.05, 4.69) is 45.6 Å². The Bertz CT molecular complexity index is 141. The molecule has 0 heterocycles. The second-order valence-electron chi connectivity index (χ2n) is 5.07. The monoisotopic (exact) mass is 346 g/mol. The van der Waals surface area contributed by atoms with Crippen molar-refractivity contribution in [2.45, 2.75) is 65.8 Å². The van der Waals surface area contributed by atoms with Gasteiger partial charge in [0.25, 0.3) is 0 Å². The lowest BCUT2D eigenvalue weighted by atomic mass is 9.44. The lowest BCUT2D eigenvalue weighted by molar-refractivity contribution is 0.696. The third-order valence-electron chi connectivity index (χ3n) is 3.06. The van der Waals surface area contributed by atoms with E-state index >= 15 is 0 Å². The van der Waals surface area contributed by atoms with Gasteiger partial charge in [0.05, 0.1) is 7.85 Å². The fourth-order valence-electron chi connectivity index (χ4n) is 1.40. The summed E-state index contributed by atoms with van der Waals surface area (Å²) in [6, 6.07) is 0. The van der Waals surface area contributed by atoms with Crippen LogP contribution in [0.5, 0.6) is 0 Å². The maximum absolute atomic E-state index is 5.17. The normalized spacial score (nSPS) is 8.70. The Labute approximate surface area is 154 Å². The zero-order valence-electron chi connectivity index (χ0n) is 16.3. The molecule has 0 saturated heterocycles. The predicted molar refractivity (Wildman–Crippen MR) is 117 cm³/mol. The Balaban J connectivity index is -0.000000107. The molecule has 0 rings (SSSR count).